The second-order valence-electron chi connectivity index (χ2n) is 5.30. The second-order valence-corrected chi connectivity index (χ2v) is 6.16. The van der Waals surface area contributed by atoms with Gasteiger partial charge in [-0.1, -0.05) is 30.3 Å². The van der Waals surface area contributed by atoms with Crippen LogP contribution < -0.4 is 4.74 Å². The molecular weight excluding hydrogens is 328 g/mol. The third kappa shape index (κ3) is 3.03. The molecular formula is C18H17BrO2. The number of ether oxygens (including phenoxy) is 1. The van der Waals surface area contributed by atoms with E-state index in [4.69, 9.17) is 4.74 Å². The zero-order valence-corrected chi connectivity index (χ0v) is 13.5. The molecule has 2 aromatic carbocycles. The topological polar surface area (TPSA) is 26.3 Å². The summed E-state index contributed by atoms with van der Waals surface area (Å²) in [5, 5.41) is 0. The molecule has 0 radical (unpaired) electrons. The van der Waals surface area contributed by atoms with Gasteiger partial charge in [0.2, 0.25) is 0 Å². The molecule has 0 saturated heterocycles. The highest BCUT2D eigenvalue weighted by molar-refractivity contribution is 9.10. The zero-order chi connectivity index (χ0) is 14.8. The minimum atomic E-state index is 0.122. The summed E-state index contributed by atoms with van der Waals surface area (Å²) in [6.45, 7) is 2.56. The van der Waals surface area contributed by atoms with E-state index in [0.717, 1.165) is 22.2 Å². The number of ketones is 1. The van der Waals surface area contributed by atoms with Crippen LogP contribution in [0.3, 0.4) is 0 Å². The molecule has 0 spiro atoms. The Labute approximate surface area is 133 Å². The van der Waals surface area contributed by atoms with Gasteiger partial charge < -0.3 is 4.74 Å². The Morgan fingerprint density at radius 3 is 2.67 bits per heavy atom. The summed E-state index contributed by atoms with van der Waals surface area (Å²) in [5.41, 5.74) is 2.02. The van der Waals surface area contributed by atoms with Gasteiger partial charge in [0.25, 0.3) is 0 Å². The summed E-state index contributed by atoms with van der Waals surface area (Å²) in [4.78, 5) is 12.6. The molecule has 3 heteroatoms. The maximum absolute atomic E-state index is 12.6. The first-order valence-corrected chi connectivity index (χ1v) is 8.01. The molecule has 0 amide bonds. The van der Waals surface area contributed by atoms with Crippen molar-refractivity contribution in [3.05, 3.63) is 64.1 Å². The summed E-state index contributed by atoms with van der Waals surface area (Å²) in [5.74, 6) is 1.51. The molecule has 3 rings (SSSR count). The van der Waals surface area contributed by atoms with Gasteiger partial charge in [0.1, 0.15) is 5.75 Å². The van der Waals surface area contributed by atoms with Crippen LogP contribution in [0.4, 0.5) is 0 Å². The molecule has 1 fully saturated rings. The minimum absolute atomic E-state index is 0.122. The molecule has 1 saturated carbocycles. The molecule has 2 atom stereocenters. The van der Waals surface area contributed by atoms with Crippen molar-refractivity contribution in [1.29, 1.82) is 0 Å². The van der Waals surface area contributed by atoms with Crippen molar-refractivity contribution in [2.24, 2.45) is 5.92 Å². The van der Waals surface area contributed by atoms with Crippen molar-refractivity contribution >= 4 is 21.7 Å². The van der Waals surface area contributed by atoms with E-state index in [1.54, 1.807) is 0 Å². The van der Waals surface area contributed by atoms with Gasteiger partial charge in [-0.15, -0.1) is 0 Å². The summed E-state index contributed by atoms with van der Waals surface area (Å²) in [6.07, 6.45) is 0.952. The number of halogens is 1. The van der Waals surface area contributed by atoms with Gasteiger partial charge in [0.05, 0.1) is 11.1 Å². The Morgan fingerprint density at radius 2 is 2.00 bits per heavy atom. The van der Waals surface area contributed by atoms with E-state index in [0.29, 0.717) is 12.5 Å². The molecule has 0 aromatic heterocycles. The third-order valence-electron chi connectivity index (χ3n) is 3.87. The van der Waals surface area contributed by atoms with Crippen LogP contribution in [0.5, 0.6) is 5.75 Å². The summed E-state index contributed by atoms with van der Waals surface area (Å²) in [7, 11) is 0. The van der Waals surface area contributed by atoms with E-state index in [-0.39, 0.29) is 11.7 Å². The summed E-state index contributed by atoms with van der Waals surface area (Å²) >= 11 is 3.47. The van der Waals surface area contributed by atoms with Crippen molar-refractivity contribution < 1.29 is 9.53 Å². The van der Waals surface area contributed by atoms with Gasteiger partial charge in [0, 0.05) is 11.5 Å². The quantitative estimate of drug-likeness (QED) is 0.725. The molecule has 0 heterocycles. The second kappa shape index (κ2) is 6.02. The number of hydrogen-bond donors (Lipinski definition) is 0. The van der Waals surface area contributed by atoms with Crippen LogP contribution in [0.1, 0.15) is 35.2 Å². The van der Waals surface area contributed by atoms with Crippen LogP contribution >= 0.6 is 15.9 Å². The summed E-state index contributed by atoms with van der Waals surface area (Å²) < 4.78 is 6.32. The van der Waals surface area contributed by atoms with Crippen molar-refractivity contribution in [2.75, 3.05) is 6.61 Å². The van der Waals surface area contributed by atoms with Gasteiger partial charge in [-0.25, -0.2) is 0 Å². The molecule has 2 aromatic rings. The number of carbonyl (C=O) groups excluding carboxylic acids is 1. The Kier molecular flexibility index (Phi) is 4.11. The Hall–Kier alpha value is -1.61. The maximum Gasteiger partial charge on any atom is 0.166 e. The number of rotatable bonds is 5. The number of Topliss-reactive ketones (excluding diaryl/α,β-unsaturated/α-hetero) is 1. The van der Waals surface area contributed by atoms with Gasteiger partial charge in [0.15, 0.2) is 5.78 Å². The highest BCUT2D eigenvalue weighted by atomic mass is 79.9. The predicted octanol–water partition coefficient (Wildman–Crippen LogP) is 4.83. The van der Waals surface area contributed by atoms with Gasteiger partial charge in [-0.2, -0.15) is 0 Å². The lowest BCUT2D eigenvalue weighted by molar-refractivity contribution is 0.0965. The molecule has 21 heavy (non-hydrogen) atoms. The molecule has 2 unspecified atom stereocenters. The number of hydrogen-bond acceptors (Lipinski definition) is 2. The smallest absolute Gasteiger partial charge is 0.166 e. The van der Waals surface area contributed by atoms with E-state index in [9.17, 15) is 4.79 Å². The molecule has 1 aliphatic carbocycles. The van der Waals surface area contributed by atoms with Crippen LogP contribution in [0.2, 0.25) is 0 Å². The average molecular weight is 345 g/mol. The lowest BCUT2D eigenvalue weighted by atomic mass is 10.0. The monoisotopic (exact) mass is 344 g/mol. The fourth-order valence-corrected chi connectivity index (χ4v) is 3.19. The Balaban J connectivity index is 1.74. The fourth-order valence-electron chi connectivity index (χ4n) is 2.69. The van der Waals surface area contributed by atoms with Crippen molar-refractivity contribution in [1.82, 2.24) is 0 Å². The standard InChI is InChI=1S/C18H17BrO2/c1-2-21-17-9-8-13(10-16(17)19)18(20)15-11-14(15)12-6-4-3-5-7-12/h3-10,14-15H,2,11H2,1H3. The molecule has 1 aliphatic rings. The third-order valence-corrected chi connectivity index (χ3v) is 4.49. The van der Waals surface area contributed by atoms with Gasteiger partial charge >= 0.3 is 0 Å². The Bertz CT molecular complexity index is 652. The first kappa shape index (κ1) is 14.3. The maximum atomic E-state index is 12.6. The van der Waals surface area contributed by atoms with Gasteiger partial charge in [-0.3, -0.25) is 4.79 Å². The molecule has 108 valence electrons. The molecule has 0 N–H and O–H groups in total. The van der Waals surface area contributed by atoms with Crippen molar-refractivity contribution in [2.45, 2.75) is 19.3 Å². The van der Waals surface area contributed by atoms with Crippen LogP contribution in [0.15, 0.2) is 53.0 Å². The molecule has 2 nitrogen and oxygen atoms in total. The molecule has 0 bridgehead atoms. The lowest BCUT2D eigenvalue weighted by Gasteiger charge is -2.07. The minimum Gasteiger partial charge on any atom is -0.493 e. The van der Waals surface area contributed by atoms with Crippen LogP contribution in [-0.2, 0) is 0 Å². The van der Waals surface area contributed by atoms with Crippen LogP contribution in [0, 0.1) is 5.92 Å². The van der Waals surface area contributed by atoms with E-state index >= 15 is 0 Å². The number of carbonyl (C=O) groups is 1. The van der Waals surface area contributed by atoms with Crippen molar-refractivity contribution in [3.8, 4) is 5.75 Å². The van der Waals surface area contributed by atoms with Crippen LogP contribution in [-0.4, -0.2) is 12.4 Å². The summed E-state index contributed by atoms with van der Waals surface area (Å²) in [6, 6.07) is 15.9. The van der Waals surface area contributed by atoms with E-state index in [1.165, 1.54) is 5.56 Å². The highest BCUT2D eigenvalue weighted by Gasteiger charge is 2.43. The van der Waals surface area contributed by atoms with Crippen molar-refractivity contribution in [3.63, 3.8) is 0 Å². The van der Waals surface area contributed by atoms with E-state index in [2.05, 4.69) is 28.1 Å². The Morgan fingerprint density at radius 1 is 1.24 bits per heavy atom. The SMILES string of the molecule is CCOc1ccc(C(=O)C2CC2c2ccccc2)cc1Br. The van der Waals surface area contributed by atoms with E-state index in [1.807, 2.05) is 43.3 Å². The normalized spacial score (nSPS) is 20.1. The van der Waals surface area contributed by atoms with Gasteiger partial charge in [-0.05, 0) is 59.0 Å². The molecule has 0 aliphatic heterocycles. The number of benzene rings is 2. The fraction of sp³-hybridized carbons (Fsp3) is 0.278. The average Bonchev–Trinajstić information content (AvgIpc) is 3.30. The van der Waals surface area contributed by atoms with E-state index < -0.39 is 0 Å². The highest BCUT2D eigenvalue weighted by Crippen LogP contribution is 2.49. The van der Waals surface area contributed by atoms with Crippen LogP contribution in [0.25, 0.3) is 0 Å². The lowest BCUT2D eigenvalue weighted by Crippen LogP contribution is -2.04. The largest absolute Gasteiger partial charge is 0.493 e. The zero-order valence-electron chi connectivity index (χ0n) is 11.9. The predicted molar refractivity (Wildman–Crippen MR) is 86.9 cm³/mol. The first-order valence-electron chi connectivity index (χ1n) is 7.22. The first-order chi connectivity index (χ1) is 10.2.